The zero-order chi connectivity index (χ0) is 32.0. The molecular weight excluding hydrogens is 580 g/mol. The van der Waals surface area contributed by atoms with Crippen LogP contribution in [-0.2, 0) is 17.6 Å². The molecule has 3 atom stereocenters. The van der Waals surface area contributed by atoms with E-state index in [1.165, 1.54) is 10.5 Å². The molecule has 4 aromatic rings. The number of ether oxygens (including phenoxy) is 1. The third kappa shape index (κ3) is 6.00. The van der Waals surface area contributed by atoms with Crippen LogP contribution in [0.4, 0.5) is 9.59 Å². The number of alkyl carbamates (subject to hydrolysis) is 1. The second-order valence-corrected chi connectivity index (χ2v) is 13.9. The molecule has 10 heteroatoms. The van der Waals surface area contributed by atoms with Gasteiger partial charge >= 0.3 is 12.2 Å². The number of aromatic nitrogens is 4. The van der Waals surface area contributed by atoms with Crippen molar-refractivity contribution < 1.29 is 19.4 Å². The summed E-state index contributed by atoms with van der Waals surface area (Å²) in [5, 5.41) is 12.7. The second kappa shape index (κ2) is 12.0. The first-order valence-electron chi connectivity index (χ1n) is 16.5. The van der Waals surface area contributed by atoms with E-state index in [0.29, 0.717) is 6.54 Å². The molecule has 0 bridgehead atoms. The molecule has 1 aliphatic heterocycles. The average Bonchev–Trinajstić information content (AvgIpc) is 3.82. The predicted octanol–water partition coefficient (Wildman–Crippen LogP) is 7.60. The van der Waals surface area contributed by atoms with Crippen molar-refractivity contribution in [1.82, 2.24) is 30.2 Å². The molecule has 2 amide bonds. The fourth-order valence-electron chi connectivity index (χ4n) is 7.37. The number of imidazole rings is 2. The van der Waals surface area contributed by atoms with Gasteiger partial charge in [0, 0.05) is 29.8 Å². The van der Waals surface area contributed by atoms with E-state index in [4.69, 9.17) is 14.7 Å². The van der Waals surface area contributed by atoms with Crippen LogP contribution in [0.5, 0.6) is 0 Å². The number of likely N-dealkylation sites (tertiary alicyclic amines) is 1. The van der Waals surface area contributed by atoms with Gasteiger partial charge in [-0.15, -0.1) is 0 Å². The number of hydrogen-bond donors (Lipinski definition) is 4. The molecule has 4 N–H and O–H groups in total. The molecule has 1 unspecified atom stereocenters. The van der Waals surface area contributed by atoms with Crippen LogP contribution < -0.4 is 5.32 Å². The third-order valence-electron chi connectivity index (χ3n) is 9.54. The molecular formula is C36H42N6O4. The summed E-state index contributed by atoms with van der Waals surface area (Å²) in [6.45, 7) is 6.17. The van der Waals surface area contributed by atoms with Gasteiger partial charge in [-0.2, -0.15) is 0 Å². The minimum absolute atomic E-state index is 0.00397. The molecule has 46 heavy (non-hydrogen) atoms. The molecule has 2 fully saturated rings. The maximum Gasteiger partial charge on any atom is 0.407 e. The highest BCUT2D eigenvalue weighted by atomic mass is 16.6. The van der Waals surface area contributed by atoms with Crippen molar-refractivity contribution in [1.29, 1.82) is 0 Å². The van der Waals surface area contributed by atoms with Gasteiger partial charge in [-0.1, -0.05) is 48.9 Å². The summed E-state index contributed by atoms with van der Waals surface area (Å²) in [6, 6.07) is 14.9. The van der Waals surface area contributed by atoms with E-state index in [1.54, 1.807) is 0 Å². The monoisotopic (exact) mass is 622 g/mol. The standard InChI is InChI=1S/C36H42N6O4/c1-36(2,3)46-34(43)40-27-9-5-8-26(27)32-37-20-29(39-32)22-14-12-21(13-15-22)23-16-17-25-24(19-23)7-4-10-28-31(25)41-33(38-28)30-11-6-18-42(30)35(44)45/h12-17,19-20,26-27,30H,4-11,18H2,1-3H3,(H,37,39)(H,38,41)(H,40,43)(H,44,45)/t26-,27-,30?/m1/s1. The summed E-state index contributed by atoms with van der Waals surface area (Å²) < 4.78 is 5.48. The number of fused-ring (bicyclic) bond motifs is 3. The fourth-order valence-corrected chi connectivity index (χ4v) is 7.37. The highest BCUT2D eigenvalue weighted by Crippen LogP contribution is 2.38. The third-order valence-corrected chi connectivity index (χ3v) is 9.54. The molecule has 3 heterocycles. The Balaban J connectivity index is 1.07. The number of nitrogens with one attached hydrogen (secondary N) is 3. The number of carbonyl (C=O) groups is 2. The zero-order valence-electron chi connectivity index (χ0n) is 26.7. The van der Waals surface area contributed by atoms with Gasteiger partial charge in [0.15, 0.2) is 0 Å². The number of H-pyrrole nitrogens is 2. The lowest BCUT2D eigenvalue weighted by atomic mass is 9.95. The van der Waals surface area contributed by atoms with E-state index >= 15 is 0 Å². The van der Waals surface area contributed by atoms with Crippen LogP contribution in [0.15, 0.2) is 48.7 Å². The van der Waals surface area contributed by atoms with Gasteiger partial charge in [0.05, 0.1) is 23.6 Å². The van der Waals surface area contributed by atoms with Gasteiger partial charge in [-0.05, 0) is 88.0 Å². The first kappa shape index (κ1) is 30.1. The van der Waals surface area contributed by atoms with E-state index in [1.807, 2.05) is 27.0 Å². The molecule has 2 aromatic heterocycles. The first-order valence-corrected chi connectivity index (χ1v) is 16.5. The number of aryl methyl sites for hydroxylation is 2. The van der Waals surface area contributed by atoms with Gasteiger partial charge in [0.1, 0.15) is 17.2 Å². The topological polar surface area (TPSA) is 136 Å². The Morgan fingerprint density at radius 1 is 0.935 bits per heavy atom. The Labute approximate surface area is 269 Å². The SMILES string of the molecule is CC(C)(C)OC(=O)N[C@@H]1CCC[C@H]1c1ncc(-c2ccc(-c3ccc4c(c3)CCCc3[nH]c(C5CCCN5C(=O)O)nc3-4)cc2)[nH]1. The zero-order valence-corrected chi connectivity index (χ0v) is 26.7. The Morgan fingerprint density at radius 2 is 1.72 bits per heavy atom. The number of benzene rings is 2. The first-order chi connectivity index (χ1) is 22.1. The van der Waals surface area contributed by atoms with Gasteiger partial charge in [0.2, 0.25) is 0 Å². The number of carboxylic acid groups (broad SMARTS) is 1. The number of hydrogen-bond acceptors (Lipinski definition) is 5. The minimum atomic E-state index is -0.881. The van der Waals surface area contributed by atoms with Crippen molar-refractivity contribution in [3.05, 3.63) is 71.6 Å². The molecule has 0 spiro atoms. The fraction of sp³-hybridized carbons (Fsp3) is 0.444. The summed E-state index contributed by atoms with van der Waals surface area (Å²) >= 11 is 0. The normalized spacial score (nSPS) is 21.0. The largest absolute Gasteiger partial charge is 0.465 e. The minimum Gasteiger partial charge on any atom is -0.465 e. The van der Waals surface area contributed by atoms with Gasteiger partial charge in [-0.25, -0.2) is 19.6 Å². The molecule has 2 aliphatic carbocycles. The molecule has 10 nitrogen and oxygen atoms in total. The Hall–Kier alpha value is -4.60. The molecule has 0 radical (unpaired) electrons. The van der Waals surface area contributed by atoms with Crippen LogP contribution in [0.1, 0.15) is 94.2 Å². The lowest BCUT2D eigenvalue weighted by molar-refractivity contribution is 0.0500. The lowest BCUT2D eigenvalue weighted by Crippen LogP contribution is -2.40. The molecule has 3 aliphatic rings. The van der Waals surface area contributed by atoms with E-state index in [-0.39, 0.29) is 24.1 Å². The molecule has 240 valence electrons. The van der Waals surface area contributed by atoms with Gasteiger partial charge in [0.25, 0.3) is 0 Å². The van der Waals surface area contributed by atoms with Crippen molar-refractivity contribution >= 4 is 12.2 Å². The Morgan fingerprint density at radius 3 is 2.50 bits per heavy atom. The van der Waals surface area contributed by atoms with Crippen molar-refractivity contribution in [3.63, 3.8) is 0 Å². The maximum absolute atomic E-state index is 12.4. The summed E-state index contributed by atoms with van der Waals surface area (Å²) in [4.78, 5) is 42.4. The number of nitrogens with zero attached hydrogens (tertiary/aromatic N) is 3. The maximum atomic E-state index is 12.4. The molecule has 2 aromatic carbocycles. The molecule has 1 saturated heterocycles. The van der Waals surface area contributed by atoms with E-state index in [2.05, 4.69) is 57.7 Å². The second-order valence-electron chi connectivity index (χ2n) is 13.9. The average molecular weight is 623 g/mol. The Kier molecular flexibility index (Phi) is 7.82. The number of amides is 2. The molecule has 7 rings (SSSR count). The van der Waals surface area contributed by atoms with Crippen LogP contribution in [0.2, 0.25) is 0 Å². The summed E-state index contributed by atoms with van der Waals surface area (Å²) in [5.74, 6) is 1.79. The van der Waals surface area contributed by atoms with Crippen molar-refractivity contribution in [2.45, 2.75) is 95.7 Å². The van der Waals surface area contributed by atoms with E-state index in [9.17, 15) is 14.7 Å². The van der Waals surface area contributed by atoms with Crippen LogP contribution in [0, 0.1) is 0 Å². The summed E-state index contributed by atoms with van der Waals surface area (Å²) in [7, 11) is 0. The highest BCUT2D eigenvalue weighted by molar-refractivity contribution is 5.75. The highest BCUT2D eigenvalue weighted by Gasteiger charge is 2.34. The van der Waals surface area contributed by atoms with Crippen LogP contribution >= 0.6 is 0 Å². The van der Waals surface area contributed by atoms with E-state index < -0.39 is 11.7 Å². The smallest absolute Gasteiger partial charge is 0.407 e. The number of rotatable bonds is 5. The predicted molar refractivity (Wildman–Crippen MR) is 176 cm³/mol. The summed E-state index contributed by atoms with van der Waals surface area (Å²) in [5.41, 5.74) is 8.24. The van der Waals surface area contributed by atoms with Crippen molar-refractivity contribution in [2.75, 3.05) is 6.54 Å². The van der Waals surface area contributed by atoms with Crippen LogP contribution in [0.3, 0.4) is 0 Å². The van der Waals surface area contributed by atoms with Crippen LogP contribution in [0.25, 0.3) is 33.6 Å². The van der Waals surface area contributed by atoms with Crippen molar-refractivity contribution in [2.24, 2.45) is 0 Å². The van der Waals surface area contributed by atoms with Gasteiger partial charge in [-0.3, -0.25) is 4.90 Å². The number of aromatic amines is 2. The van der Waals surface area contributed by atoms with Crippen molar-refractivity contribution in [3.8, 4) is 33.6 Å². The molecule has 1 saturated carbocycles. The summed E-state index contributed by atoms with van der Waals surface area (Å²) in [6.07, 6.45) is 8.05. The van der Waals surface area contributed by atoms with Gasteiger partial charge < -0.3 is 25.1 Å². The number of carbonyl (C=O) groups excluding carboxylic acids is 1. The van der Waals surface area contributed by atoms with E-state index in [0.717, 1.165) is 102 Å². The quantitative estimate of drug-likeness (QED) is 0.181. The lowest BCUT2D eigenvalue weighted by Gasteiger charge is -2.24. The van der Waals surface area contributed by atoms with Crippen LogP contribution in [-0.4, -0.2) is 60.3 Å². The Bertz CT molecular complexity index is 1750.